The van der Waals surface area contributed by atoms with E-state index in [4.69, 9.17) is 18.9 Å². The average molecular weight is 803 g/mol. The number of carbonyl (C=O) groups is 1. The zero-order valence-electron chi connectivity index (χ0n) is 32.4. The monoisotopic (exact) mass is 802 g/mol. The molecule has 1 fully saturated rings. The minimum Gasteiger partial charge on any atom is -0.482 e. The number of β-amino-alcohol motifs (C(OH)–C–C–N with tert-alkyl or cyclic N) is 1. The normalized spacial score (nSPS) is 26.8. The van der Waals surface area contributed by atoms with Crippen LogP contribution in [-0.4, -0.2) is 136 Å². The second-order valence-corrected chi connectivity index (χ2v) is 16.0. The molecule has 58 heavy (non-hydrogen) atoms. The van der Waals surface area contributed by atoms with Gasteiger partial charge in [-0.05, 0) is 63.6 Å². The summed E-state index contributed by atoms with van der Waals surface area (Å²) in [5.74, 6) is 0.983. The second-order valence-electron chi connectivity index (χ2n) is 16.0. The highest BCUT2D eigenvalue weighted by Crippen LogP contribution is 2.49. The summed E-state index contributed by atoms with van der Waals surface area (Å²) in [4.78, 5) is 50.2. The van der Waals surface area contributed by atoms with E-state index in [2.05, 4.69) is 20.6 Å². The number of amides is 1. The van der Waals surface area contributed by atoms with Crippen molar-refractivity contribution in [1.82, 2.24) is 15.5 Å². The lowest BCUT2D eigenvalue weighted by Crippen LogP contribution is -2.64. The van der Waals surface area contributed by atoms with Crippen LogP contribution >= 0.6 is 0 Å². The number of hydrogen-bond acceptors (Lipinski definition) is 16. The van der Waals surface area contributed by atoms with E-state index >= 15 is 0 Å². The van der Waals surface area contributed by atoms with Gasteiger partial charge in [-0.1, -0.05) is 0 Å². The number of anilines is 1. The van der Waals surface area contributed by atoms with Gasteiger partial charge in [-0.3, -0.25) is 19.6 Å². The van der Waals surface area contributed by atoms with Gasteiger partial charge in [0.25, 0.3) is 0 Å². The van der Waals surface area contributed by atoms with Crippen LogP contribution < -0.4 is 25.7 Å². The van der Waals surface area contributed by atoms with Crippen molar-refractivity contribution in [2.75, 3.05) is 51.3 Å². The number of nitrogens with one attached hydrogen (secondary N) is 2. The molecule has 17 nitrogen and oxygen atoms in total. The third-order valence-corrected chi connectivity index (χ3v) is 12.1. The Hall–Kier alpha value is -4.72. The highest BCUT2D eigenvalue weighted by molar-refractivity contribution is 6.12. The zero-order chi connectivity index (χ0) is 40.8. The molecule has 1 saturated heterocycles. The predicted molar refractivity (Wildman–Crippen MR) is 212 cm³/mol. The van der Waals surface area contributed by atoms with Gasteiger partial charge in [0, 0.05) is 67.8 Å². The summed E-state index contributed by atoms with van der Waals surface area (Å²) in [6, 6.07) is 2.84. The number of ether oxygens (including phenoxy) is 1. The molecule has 0 saturated carbocycles. The molecule has 8 atom stereocenters. The molecule has 0 spiro atoms. The summed E-state index contributed by atoms with van der Waals surface area (Å²) in [7, 11) is 1.82. The van der Waals surface area contributed by atoms with Crippen molar-refractivity contribution in [3.05, 3.63) is 82.3 Å². The number of rotatable bonds is 17. The Morgan fingerprint density at radius 2 is 1.98 bits per heavy atom. The number of aliphatic imine (C=N–C) groups is 2. The third-order valence-electron chi connectivity index (χ3n) is 12.1. The first kappa shape index (κ1) is 40.1. The Bertz CT molecular complexity index is 2180. The number of carbonyl (C=O) groups excluding carboxylic acids is 1. The van der Waals surface area contributed by atoms with Crippen LogP contribution in [0.1, 0.15) is 37.0 Å². The average Bonchev–Trinajstić information content (AvgIpc) is 4.05. The van der Waals surface area contributed by atoms with Crippen LogP contribution in [0.2, 0.25) is 0 Å². The van der Waals surface area contributed by atoms with Crippen LogP contribution in [0, 0.1) is 12.8 Å². The van der Waals surface area contributed by atoms with E-state index in [1.165, 1.54) is 6.07 Å². The number of aryl methyl sites for hydroxylation is 1. The molecule has 0 aliphatic carbocycles. The maximum atomic E-state index is 13.5. The maximum absolute atomic E-state index is 13.5. The molecule has 2 aromatic rings. The van der Waals surface area contributed by atoms with Crippen molar-refractivity contribution < 1.29 is 49.3 Å². The second kappa shape index (κ2) is 16.1. The van der Waals surface area contributed by atoms with Gasteiger partial charge in [-0.2, -0.15) is 0 Å². The molecule has 1 aromatic carbocycles. The molecule has 7 N–H and O–H groups in total. The number of allylic oxidation sites excluding steroid dienone is 1. The zero-order valence-corrected chi connectivity index (χ0v) is 32.4. The number of aliphatic hydroxyl groups excluding tert-OH is 4. The molecule has 6 aliphatic heterocycles. The van der Waals surface area contributed by atoms with Gasteiger partial charge in [0.15, 0.2) is 16.8 Å². The quantitative estimate of drug-likeness (QED) is 0.0841. The van der Waals surface area contributed by atoms with E-state index in [1.54, 1.807) is 48.6 Å². The highest BCUT2D eigenvalue weighted by atomic mass is 17.2. The fourth-order valence-electron chi connectivity index (χ4n) is 8.75. The van der Waals surface area contributed by atoms with Crippen LogP contribution in [-0.2, 0) is 21.0 Å². The predicted octanol–water partition coefficient (Wildman–Crippen LogP) is 0.262. The molecule has 0 bridgehead atoms. The summed E-state index contributed by atoms with van der Waals surface area (Å²) < 4.78 is 13.5. The van der Waals surface area contributed by atoms with Crippen LogP contribution in [0.25, 0.3) is 11.0 Å². The minimum absolute atomic E-state index is 0.0177. The lowest BCUT2D eigenvalue weighted by Gasteiger charge is -2.46. The van der Waals surface area contributed by atoms with Crippen LogP contribution in [0.4, 0.5) is 5.69 Å². The number of benzene rings is 1. The van der Waals surface area contributed by atoms with E-state index in [9.17, 15) is 35.1 Å². The van der Waals surface area contributed by atoms with E-state index in [0.29, 0.717) is 84.8 Å². The molecular formula is C41H50N6O11. The Kier molecular flexibility index (Phi) is 11.2. The number of nitrogens with zero attached hydrogens (tertiary/aromatic N) is 4. The largest absolute Gasteiger partial charge is 0.482 e. The van der Waals surface area contributed by atoms with Gasteiger partial charge in [0.1, 0.15) is 53.7 Å². The van der Waals surface area contributed by atoms with E-state index < -0.39 is 48.8 Å². The first-order valence-corrected chi connectivity index (χ1v) is 19.7. The Labute approximate surface area is 334 Å². The molecule has 1 aromatic heterocycles. The van der Waals surface area contributed by atoms with Crippen molar-refractivity contribution in [2.45, 2.75) is 80.7 Å². The fourth-order valence-corrected chi connectivity index (χ4v) is 8.75. The topological polar surface area (TPSA) is 231 Å². The van der Waals surface area contributed by atoms with Crippen LogP contribution in [0.3, 0.4) is 0 Å². The van der Waals surface area contributed by atoms with Crippen molar-refractivity contribution in [1.29, 1.82) is 0 Å². The first-order valence-electron chi connectivity index (χ1n) is 19.7. The Balaban J connectivity index is 1.13. The van der Waals surface area contributed by atoms with Crippen molar-refractivity contribution in [3.8, 4) is 5.75 Å². The molecule has 1 unspecified atom stereocenters. The van der Waals surface area contributed by atoms with Crippen molar-refractivity contribution in [2.24, 2.45) is 15.9 Å². The number of fused-ring (bicyclic) bond motifs is 4. The first-order chi connectivity index (χ1) is 27.9. The van der Waals surface area contributed by atoms with Gasteiger partial charge in [-0.15, -0.1) is 0 Å². The van der Waals surface area contributed by atoms with Crippen LogP contribution in [0.15, 0.2) is 79.9 Å². The van der Waals surface area contributed by atoms with Gasteiger partial charge in [0.05, 0.1) is 42.5 Å². The molecule has 8 rings (SSSR count). The van der Waals surface area contributed by atoms with Crippen LogP contribution in [0.5, 0.6) is 5.75 Å². The molecule has 6 aliphatic rings. The Morgan fingerprint density at radius 1 is 1.14 bits per heavy atom. The van der Waals surface area contributed by atoms with E-state index in [1.807, 2.05) is 24.2 Å². The lowest BCUT2D eigenvalue weighted by molar-refractivity contribution is -0.367. The fraction of sp³-hybridized carbons (Fsp3) is 0.512. The summed E-state index contributed by atoms with van der Waals surface area (Å²) >= 11 is 0. The number of hydrogen-bond donors (Lipinski definition) is 7. The molecule has 7 heterocycles. The SMILES string of the molecule is CNCC[C@]1(CC[C@@H]2CNC(=O)C2)Oc2c(cc3c(=O)cc(C)oc3c2N2C=C3C=CN=C3C2)C[C@H]1OOC[C@H](O)[C@](O)(CN1C=CC2=NC=CC21)[C@H](O)[C@H](O)CO. The Morgan fingerprint density at radius 3 is 2.74 bits per heavy atom. The van der Waals surface area contributed by atoms with Gasteiger partial charge < -0.3 is 55.1 Å². The summed E-state index contributed by atoms with van der Waals surface area (Å²) in [6.07, 6.45) is 8.02. The van der Waals surface area contributed by atoms with E-state index in [-0.39, 0.29) is 36.3 Å². The van der Waals surface area contributed by atoms with Gasteiger partial charge >= 0.3 is 0 Å². The van der Waals surface area contributed by atoms with Gasteiger partial charge in [-0.25, -0.2) is 9.78 Å². The highest BCUT2D eigenvalue weighted by Gasteiger charge is 2.51. The lowest BCUT2D eigenvalue weighted by atomic mass is 9.79. The summed E-state index contributed by atoms with van der Waals surface area (Å²) in [5, 5.41) is 61.2. The molecular weight excluding hydrogens is 752 g/mol. The molecule has 0 radical (unpaired) electrons. The molecule has 17 heteroatoms. The number of aliphatic hydroxyl groups is 5. The molecule has 310 valence electrons. The maximum Gasteiger partial charge on any atom is 0.220 e. The standard InChI is InChI=1S/C41H50N6O11/c1-23-13-31(49)27-15-26-16-34(58-55-21-33(51)41(54,39(53)32(50)20-48)22-46-12-6-28-30(46)5-10-43-28)40(8-11-42-2,7-3-24-14-35(52)45-17-24)57-37(26)36(38(27)56-23)47-18-25-4-9-44-29(25)19-47/h4-6,9-10,12-13,15,18,24,30,32-34,39,42,48,50-51,53-54H,3,7-8,11,14,16-17,19-22H2,1-2H3,(H,45,52)/t24-,30?,32+,33-,34+,39+,40-,41+/m0/s1. The smallest absolute Gasteiger partial charge is 0.220 e. The summed E-state index contributed by atoms with van der Waals surface area (Å²) in [6.45, 7) is 1.30. The van der Waals surface area contributed by atoms with Gasteiger partial charge in [0.2, 0.25) is 5.91 Å². The third kappa shape index (κ3) is 7.41. The van der Waals surface area contributed by atoms with Crippen molar-refractivity contribution >= 4 is 34.0 Å². The summed E-state index contributed by atoms with van der Waals surface area (Å²) in [5.41, 5.74) is 0.397. The van der Waals surface area contributed by atoms with Crippen molar-refractivity contribution in [3.63, 3.8) is 0 Å². The van der Waals surface area contributed by atoms with E-state index in [0.717, 1.165) is 11.3 Å². The minimum atomic E-state index is -2.41. The molecule has 1 amide bonds.